The molecule has 6 heteroatoms. The highest BCUT2D eigenvalue weighted by Gasteiger charge is 1.91. The second-order valence-electron chi connectivity index (χ2n) is 1.75. The number of rotatable bonds is 1. The molecule has 1 aromatic carbocycles. The lowest BCUT2D eigenvalue weighted by molar-refractivity contribution is 0.469. The fourth-order valence-corrected chi connectivity index (χ4v) is 0.385. The second-order valence-corrected chi connectivity index (χ2v) is 2.93. The van der Waals surface area contributed by atoms with Crippen LogP contribution >= 0.6 is 0 Å². The normalized spacial score (nSPS) is 9.83. The Balaban J connectivity index is 0.000000202. The van der Waals surface area contributed by atoms with Gasteiger partial charge >= 0.3 is 10.3 Å². The molecular weight excluding hydrogens is 180 g/mol. The summed E-state index contributed by atoms with van der Waals surface area (Å²) in [5, 5.41) is 0. The van der Waals surface area contributed by atoms with Crippen molar-refractivity contribution in [1.29, 1.82) is 0 Å². The van der Waals surface area contributed by atoms with Crippen LogP contribution in [0.4, 0.5) is 0 Å². The lowest BCUT2D eigenvalue weighted by Crippen LogP contribution is -2.29. The van der Waals surface area contributed by atoms with Gasteiger partial charge in [0, 0.05) is 0 Å². The number of hydrazine groups is 1. The summed E-state index contributed by atoms with van der Waals surface area (Å²) in [4.78, 5) is 1.13. The summed E-state index contributed by atoms with van der Waals surface area (Å²) in [6.45, 7) is 0. The minimum atomic E-state index is -4.13. The summed E-state index contributed by atoms with van der Waals surface area (Å²) < 4.78 is 26.2. The largest absolute Gasteiger partial charge is 0.346 e. The fraction of sp³-hybridized carbons (Fsp3) is 0. The van der Waals surface area contributed by atoms with Crippen molar-refractivity contribution in [3.8, 4) is 0 Å². The number of hydrogen-bond acceptors (Lipinski definition) is 3. The van der Waals surface area contributed by atoms with Gasteiger partial charge in [-0.15, -0.1) is 4.83 Å². The fourth-order valence-electron chi connectivity index (χ4n) is 0.385. The van der Waals surface area contributed by atoms with E-state index in [0.29, 0.717) is 0 Å². The average Bonchev–Trinajstić information content (AvgIpc) is 2.07. The first-order valence-corrected chi connectivity index (χ1v) is 4.45. The molecule has 0 fully saturated rings. The summed E-state index contributed by atoms with van der Waals surface area (Å²) in [5.74, 6) is 4.22. The monoisotopic (exact) mass is 190 g/mol. The van der Waals surface area contributed by atoms with Crippen LogP contribution in [0.2, 0.25) is 0 Å². The van der Waals surface area contributed by atoms with Gasteiger partial charge < -0.3 is 0 Å². The highest BCUT2D eigenvalue weighted by Crippen LogP contribution is 1.79. The van der Waals surface area contributed by atoms with Gasteiger partial charge in [-0.1, -0.05) is 36.4 Å². The van der Waals surface area contributed by atoms with Gasteiger partial charge in [0.1, 0.15) is 0 Å². The van der Waals surface area contributed by atoms with E-state index in [9.17, 15) is 8.42 Å². The van der Waals surface area contributed by atoms with Gasteiger partial charge in [0.2, 0.25) is 0 Å². The van der Waals surface area contributed by atoms with Gasteiger partial charge in [0.15, 0.2) is 0 Å². The van der Waals surface area contributed by atoms with Gasteiger partial charge in [-0.25, -0.2) is 0 Å². The van der Waals surface area contributed by atoms with Crippen LogP contribution in [0.1, 0.15) is 0 Å². The average molecular weight is 190 g/mol. The van der Waals surface area contributed by atoms with E-state index in [1.165, 1.54) is 0 Å². The quantitative estimate of drug-likeness (QED) is 0.328. The third kappa shape index (κ3) is 9.05. The van der Waals surface area contributed by atoms with Crippen molar-refractivity contribution in [2.24, 2.45) is 5.84 Å². The van der Waals surface area contributed by atoms with Crippen molar-refractivity contribution in [2.45, 2.75) is 0 Å². The van der Waals surface area contributed by atoms with Crippen molar-refractivity contribution in [1.82, 2.24) is 4.83 Å². The van der Waals surface area contributed by atoms with E-state index in [-0.39, 0.29) is 0 Å². The van der Waals surface area contributed by atoms with E-state index in [0.717, 1.165) is 4.83 Å². The smallest absolute Gasteiger partial charge is 0.273 e. The van der Waals surface area contributed by atoms with Gasteiger partial charge in [0.05, 0.1) is 0 Å². The summed E-state index contributed by atoms with van der Waals surface area (Å²) in [5.41, 5.74) is 0. The zero-order chi connectivity index (χ0) is 9.45. The molecule has 0 aliphatic carbocycles. The third-order valence-corrected chi connectivity index (χ3v) is 1.11. The van der Waals surface area contributed by atoms with Crippen LogP contribution in [0.25, 0.3) is 0 Å². The molecule has 0 amide bonds. The Labute approximate surface area is 71.1 Å². The predicted octanol–water partition coefficient (Wildman–Crippen LogP) is -0.0609. The Morgan fingerprint density at radius 2 is 1.17 bits per heavy atom. The van der Waals surface area contributed by atoms with E-state index in [1.54, 1.807) is 0 Å². The molecule has 0 spiro atoms. The van der Waals surface area contributed by atoms with Gasteiger partial charge in [-0.2, -0.15) is 8.42 Å². The number of benzene rings is 1. The van der Waals surface area contributed by atoms with Crippen molar-refractivity contribution < 1.29 is 13.0 Å². The zero-order valence-corrected chi connectivity index (χ0v) is 7.03. The first-order chi connectivity index (χ1) is 5.56. The first-order valence-electron chi connectivity index (χ1n) is 3.01. The van der Waals surface area contributed by atoms with Crippen LogP contribution in [0.5, 0.6) is 0 Å². The molecule has 68 valence electrons. The van der Waals surface area contributed by atoms with E-state index in [1.807, 2.05) is 36.4 Å². The van der Waals surface area contributed by atoms with Crippen LogP contribution in [-0.4, -0.2) is 13.0 Å². The van der Waals surface area contributed by atoms with Crippen molar-refractivity contribution in [2.75, 3.05) is 0 Å². The Hall–Kier alpha value is -0.950. The third-order valence-electron chi connectivity index (χ3n) is 0.816. The molecule has 0 unspecified atom stereocenters. The molecule has 0 radical (unpaired) electrons. The van der Waals surface area contributed by atoms with Crippen LogP contribution in [0.3, 0.4) is 0 Å². The maximum atomic E-state index is 9.32. The van der Waals surface area contributed by atoms with E-state index >= 15 is 0 Å². The van der Waals surface area contributed by atoms with E-state index < -0.39 is 10.3 Å². The molecular formula is C6H10N2O3S. The Morgan fingerprint density at radius 1 is 1.00 bits per heavy atom. The molecule has 12 heavy (non-hydrogen) atoms. The molecule has 0 saturated carbocycles. The summed E-state index contributed by atoms with van der Waals surface area (Å²) in [6.07, 6.45) is 0. The summed E-state index contributed by atoms with van der Waals surface area (Å²) in [6, 6.07) is 12.0. The van der Waals surface area contributed by atoms with Crippen molar-refractivity contribution in [3.05, 3.63) is 36.4 Å². The minimum absolute atomic E-state index is 1.13. The van der Waals surface area contributed by atoms with Crippen LogP contribution in [0, 0.1) is 0 Å². The molecule has 1 aromatic rings. The lowest BCUT2D eigenvalue weighted by atomic mass is 10.4. The number of nitrogens with two attached hydrogens (primary N) is 1. The Bertz CT molecular complexity index is 258. The predicted molar refractivity (Wildman–Crippen MR) is 45.3 cm³/mol. The van der Waals surface area contributed by atoms with Crippen molar-refractivity contribution >= 4 is 10.3 Å². The van der Waals surface area contributed by atoms with Gasteiger partial charge in [-0.3, -0.25) is 10.4 Å². The highest BCUT2D eigenvalue weighted by atomic mass is 32.2. The molecule has 5 nitrogen and oxygen atoms in total. The minimum Gasteiger partial charge on any atom is -0.273 e. The van der Waals surface area contributed by atoms with Gasteiger partial charge in [0.25, 0.3) is 0 Å². The topological polar surface area (TPSA) is 92.4 Å². The molecule has 0 aromatic heterocycles. The maximum Gasteiger partial charge on any atom is 0.346 e. The van der Waals surface area contributed by atoms with Crippen LogP contribution in [0.15, 0.2) is 36.4 Å². The molecule has 0 atom stereocenters. The molecule has 0 saturated heterocycles. The zero-order valence-electron chi connectivity index (χ0n) is 6.21. The molecule has 0 aliphatic heterocycles. The van der Waals surface area contributed by atoms with Crippen molar-refractivity contribution in [3.63, 3.8) is 0 Å². The van der Waals surface area contributed by atoms with E-state index in [4.69, 9.17) is 4.55 Å². The van der Waals surface area contributed by atoms with Crippen LogP contribution in [-0.2, 0) is 10.3 Å². The number of hydrogen-bond donors (Lipinski definition) is 3. The Kier molecular flexibility index (Phi) is 5.22. The first kappa shape index (κ1) is 11.1. The highest BCUT2D eigenvalue weighted by molar-refractivity contribution is 7.83. The van der Waals surface area contributed by atoms with Crippen LogP contribution < -0.4 is 10.7 Å². The molecule has 0 bridgehead atoms. The summed E-state index contributed by atoms with van der Waals surface area (Å²) in [7, 11) is -4.13. The lowest BCUT2D eigenvalue weighted by Gasteiger charge is -1.83. The second kappa shape index (κ2) is 5.67. The molecule has 4 N–H and O–H groups in total. The standard InChI is InChI=1S/C6H6.H4N2O3S/c1-2-4-6-5-3-1;1-2-6(3,4)5/h1-6H;2H,1H2,(H,3,4,5). The van der Waals surface area contributed by atoms with Gasteiger partial charge in [-0.05, 0) is 0 Å². The molecule has 1 rings (SSSR count). The maximum absolute atomic E-state index is 9.32. The van der Waals surface area contributed by atoms with E-state index in [2.05, 4.69) is 5.84 Å². The summed E-state index contributed by atoms with van der Waals surface area (Å²) >= 11 is 0. The SMILES string of the molecule is NNS(=O)(=O)O.c1ccccc1. The molecule has 0 aliphatic rings. The number of nitrogens with one attached hydrogen (secondary N) is 1. The molecule has 0 heterocycles. The Morgan fingerprint density at radius 3 is 1.25 bits per heavy atom.